The summed E-state index contributed by atoms with van der Waals surface area (Å²) >= 11 is 9.32. The van der Waals surface area contributed by atoms with Crippen LogP contribution in [0.15, 0.2) is 34.8 Å². The number of halogens is 3. The molecule has 2 rings (SSSR count). The van der Waals surface area contributed by atoms with Crippen molar-refractivity contribution in [3.05, 3.63) is 62.3 Å². The number of rotatable bonds is 3. The average Bonchev–Trinajstić information content (AvgIpc) is 2.42. The number of hydrogen-bond acceptors (Lipinski definition) is 1. The standard InChI is InChI=1S/C15H13BrClFO/c1-9-7-13(17)15(18)12(14(9)16)8-10-3-5-11(19-2)6-4-10/h3-7H,8H2,1-2H3. The van der Waals surface area contributed by atoms with E-state index in [1.807, 2.05) is 31.2 Å². The molecule has 100 valence electrons. The van der Waals surface area contributed by atoms with E-state index in [0.717, 1.165) is 21.3 Å². The van der Waals surface area contributed by atoms with E-state index >= 15 is 0 Å². The van der Waals surface area contributed by atoms with Crippen LogP contribution >= 0.6 is 27.5 Å². The fourth-order valence-corrected chi connectivity index (χ4v) is 2.60. The second kappa shape index (κ2) is 5.93. The van der Waals surface area contributed by atoms with Crippen molar-refractivity contribution < 1.29 is 9.13 Å². The van der Waals surface area contributed by atoms with Gasteiger partial charge < -0.3 is 4.74 Å². The van der Waals surface area contributed by atoms with Crippen molar-refractivity contribution in [2.45, 2.75) is 13.3 Å². The summed E-state index contributed by atoms with van der Waals surface area (Å²) < 4.78 is 20.0. The summed E-state index contributed by atoms with van der Waals surface area (Å²) in [6.07, 6.45) is 0.484. The predicted molar refractivity (Wildman–Crippen MR) is 79.6 cm³/mol. The second-order valence-corrected chi connectivity index (χ2v) is 5.51. The maximum absolute atomic E-state index is 14.1. The molecule has 4 heteroatoms. The van der Waals surface area contributed by atoms with Crippen LogP contribution in [0.5, 0.6) is 5.75 Å². The van der Waals surface area contributed by atoms with E-state index in [2.05, 4.69) is 15.9 Å². The van der Waals surface area contributed by atoms with Crippen LogP contribution in [0.3, 0.4) is 0 Å². The Hall–Kier alpha value is -1.06. The molecule has 2 aromatic rings. The summed E-state index contributed by atoms with van der Waals surface area (Å²) in [6, 6.07) is 9.18. The molecule has 19 heavy (non-hydrogen) atoms. The van der Waals surface area contributed by atoms with E-state index in [1.165, 1.54) is 0 Å². The minimum atomic E-state index is -0.366. The maximum atomic E-state index is 14.1. The quantitative estimate of drug-likeness (QED) is 0.700. The Morgan fingerprint density at radius 3 is 2.47 bits per heavy atom. The molecule has 0 radical (unpaired) electrons. The predicted octanol–water partition coefficient (Wildman–Crippen LogP) is 5.15. The summed E-state index contributed by atoms with van der Waals surface area (Å²) in [4.78, 5) is 0. The molecular weight excluding hydrogens is 331 g/mol. The van der Waals surface area contributed by atoms with Gasteiger partial charge >= 0.3 is 0 Å². The van der Waals surface area contributed by atoms with Gasteiger partial charge in [0.1, 0.15) is 11.6 Å². The SMILES string of the molecule is COc1ccc(Cc2c(F)c(Cl)cc(C)c2Br)cc1. The van der Waals surface area contributed by atoms with Crippen LogP contribution in [0.4, 0.5) is 4.39 Å². The third kappa shape index (κ3) is 3.10. The Labute approximate surface area is 125 Å². The molecule has 0 amide bonds. The zero-order valence-corrected chi connectivity index (χ0v) is 13.0. The largest absolute Gasteiger partial charge is 0.497 e. The van der Waals surface area contributed by atoms with Crippen molar-refractivity contribution in [1.29, 1.82) is 0 Å². The van der Waals surface area contributed by atoms with Gasteiger partial charge in [0.2, 0.25) is 0 Å². The van der Waals surface area contributed by atoms with Gasteiger partial charge in [0.05, 0.1) is 12.1 Å². The molecule has 1 nitrogen and oxygen atoms in total. The monoisotopic (exact) mass is 342 g/mol. The number of ether oxygens (including phenoxy) is 1. The molecule has 0 N–H and O–H groups in total. The Bertz CT molecular complexity index is 570. The summed E-state index contributed by atoms with van der Waals surface area (Å²) in [5.41, 5.74) is 2.51. The first-order chi connectivity index (χ1) is 9.02. The Morgan fingerprint density at radius 1 is 1.26 bits per heavy atom. The molecule has 0 atom stereocenters. The minimum Gasteiger partial charge on any atom is -0.497 e. The van der Waals surface area contributed by atoms with Crippen molar-refractivity contribution in [3.63, 3.8) is 0 Å². The first-order valence-corrected chi connectivity index (χ1v) is 6.96. The van der Waals surface area contributed by atoms with Gasteiger partial charge in [-0.2, -0.15) is 0 Å². The molecule has 0 aliphatic heterocycles. The highest BCUT2D eigenvalue weighted by Crippen LogP contribution is 2.31. The highest BCUT2D eigenvalue weighted by Gasteiger charge is 2.14. The van der Waals surface area contributed by atoms with E-state index in [-0.39, 0.29) is 10.8 Å². The van der Waals surface area contributed by atoms with Crippen molar-refractivity contribution in [3.8, 4) is 5.75 Å². The molecule has 2 aromatic carbocycles. The summed E-state index contributed by atoms with van der Waals surface area (Å²) in [5, 5.41) is 0.157. The number of hydrogen-bond donors (Lipinski definition) is 0. The lowest BCUT2D eigenvalue weighted by molar-refractivity contribution is 0.414. The lowest BCUT2D eigenvalue weighted by Crippen LogP contribution is -1.97. The van der Waals surface area contributed by atoms with E-state index in [4.69, 9.17) is 16.3 Å². The van der Waals surface area contributed by atoms with Crippen molar-refractivity contribution in [1.82, 2.24) is 0 Å². The van der Waals surface area contributed by atoms with Crippen molar-refractivity contribution in [2.75, 3.05) is 7.11 Å². The molecule has 0 fully saturated rings. The van der Waals surface area contributed by atoms with Crippen LogP contribution in [-0.4, -0.2) is 7.11 Å². The number of methoxy groups -OCH3 is 1. The topological polar surface area (TPSA) is 9.23 Å². The minimum absolute atomic E-state index is 0.157. The molecule has 0 spiro atoms. The van der Waals surface area contributed by atoms with Gasteiger partial charge in [-0.05, 0) is 36.2 Å². The molecule has 0 heterocycles. The molecule has 0 aromatic heterocycles. The lowest BCUT2D eigenvalue weighted by Gasteiger charge is -2.11. The molecule has 0 aliphatic carbocycles. The summed E-state index contributed by atoms with van der Waals surface area (Å²) in [7, 11) is 1.62. The highest BCUT2D eigenvalue weighted by molar-refractivity contribution is 9.10. The third-order valence-electron chi connectivity index (χ3n) is 2.97. The molecule has 0 bridgehead atoms. The van der Waals surface area contributed by atoms with E-state index in [0.29, 0.717) is 12.0 Å². The lowest BCUT2D eigenvalue weighted by atomic mass is 10.0. The zero-order chi connectivity index (χ0) is 14.0. The molecule has 0 saturated heterocycles. The zero-order valence-electron chi connectivity index (χ0n) is 10.6. The fraction of sp³-hybridized carbons (Fsp3) is 0.200. The molecular formula is C15H13BrClFO. The first kappa shape index (κ1) is 14.4. The van der Waals surface area contributed by atoms with Gasteiger partial charge in [-0.3, -0.25) is 0 Å². The van der Waals surface area contributed by atoms with Gasteiger partial charge in [0, 0.05) is 16.5 Å². The van der Waals surface area contributed by atoms with Crippen molar-refractivity contribution in [2.24, 2.45) is 0 Å². The first-order valence-electron chi connectivity index (χ1n) is 5.79. The third-order valence-corrected chi connectivity index (χ3v) is 4.35. The van der Waals surface area contributed by atoms with Crippen molar-refractivity contribution >= 4 is 27.5 Å². The number of benzene rings is 2. The van der Waals surface area contributed by atoms with Gasteiger partial charge in [0.15, 0.2) is 0 Å². The van der Waals surface area contributed by atoms with E-state index in [9.17, 15) is 4.39 Å². The highest BCUT2D eigenvalue weighted by atomic mass is 79.9. The maximum Gasteiger partial charge on any atom is 0.146 e. The van der Waals surface area contributed by atoms with Crippen LogP contribution in [-0.2, 0) is 6.42 Å². The van der Waals surface area contributed by atoms with Crippen LogP contribution in [0, 0.1) is 12.7 Å². The van der Waals surface area contributed by atoms with Crippen LogP contribution in [0.1, 0.15) is 16.7 Å². The second-order valence-electron chi connectivity index (χ2n) is 4.31. The van der Waals surface area contributed by atoms with Gasteiger partial charge in [-0.25, -0.2) is 4.39 Å². The van der Waals surface area contributed by atoms with Gasteiger partial charge in [0.25, 0.3) is 0 Å². The summed E-state index contributed by atoms with van der Waals surface area (Å²) in [5.74, 6) is 0.417. The smallest absolute Gasteiger partial charge is 0.146 e. The van der Waals surface area contributed by atoms with Gasteiger partial charge in [-0.1, -0.05) is 39.7 Å². The molecule has 0 saturated carbocycles. The molecule has 0 unspecified atom stereocenters. The van der Waals surface area contributed by atoms with Crippen LogP contribution in [0.2, 0.25) is 5.02 Å². The fourth-order valence-electron chi connectivity index (χ4n) is 1.90. The van der Waals surface area contributed by atoms with E-state index in [1.54, 1.807) is 13.2 Å². The van der Waals surface area contributed by atoms with Crippen LogP contribution < -0.4 is 4.74 Å². The Kier molecular flexibility index (Phi) is 4.48. The summed E-state index contributed by atoms with van der Waals surface area (Å²) in [6.45, 7) is 1.90. The Balaban J connectivity index is 2.37. The number of aryl methyl sites for hydroxylation is 1. The Morgan fingerprint density at radius 2 is 1.89 bits per heavy atom. The average molecular weight is 344 g/mol. The van der Waals surface area contributed by atoms with Gasteiger partial charge in [-0.15, -0.1) is 0 Å². The molecule has 0 aliphatic rings. The normalized spacial score (nSPS) is 10.6. The van der Waals surface area contributed by atoms with E-state index < -0.39 is 0 Å². The van der Waals surface area contributed by atoms with Crippen LogP contribution in [0.25, 0.3) is 0 Å².